The highest BCUT2D eigenvalue weighted by molar-refractivity contribution is 6.20. The molecule has 1 atom stereocenters. The molecule has 82 valence electrons. The summed E-state index contributed by atoms with van der Waals surface area (Å²) in [6, 6.07) is 9.89. The lowest BCUT2D eigenvalue weighted by atomic mass is 9.91. The van der Waals surface area contributed by atoms with Gasteiger partial charge in [0.1, 0.15) is 0 Å². The van der Waals surface area contributed by atoms with E-state index in [0.717, 1.165) is 12.0 Å². The predicted octanol–water partition coefficient (Wildman–Crippen LogP) is 2.65. The van der Waals surface area contributed by atoms with Crippen LogP contribution in [-0.2, 0) is 9.59 Å². The van der Waals surface area contributed by atoms with E-state index in [2.05, 4.69) is 6.58 Å². The molecular formula is C14H14O2. The molecule has 16 heavy (non-hydrogen) atoms. The second-order valence-electron chi connectivity index (χ2n) is 4.18. The van der Waals surface area contributed by atoms with Crippen molar-refractivity contribution in [3.63, 3.8) is 0 Å². The maximum atomic E-state index is 11.7. The number of ketones is 2. The van der Waals surface area contributed by atoms with Gasteiger partial charge in [-0.25, -0.2) is 0 Å². The Morgan fingerprint density at radius 1 is 1.06 bits per heavy atom. The summed E-state index contributed by atoms with van der Waals surface area (Å²) in [5.74, 6) is -0.0308. The first-order valence-corrected chi connectivity index (χ1v) is 5.48. The average molecular weight is 214 g/mol. The first-order chi connectivity index (χ1) is 7.68. The van der Waals surface area contributed by atoms with E-state index in [4.69, 9.17) is 0 Å². The molecule has 0 bridgehead atoms. The van der Waals surface area contributed by atoms with Crippen LogP contribution in [0.2, 0.25) is 0 Å². The molecule has 0 amide bonds. The molecule has 0 aliphatic heterocycles. The van der Waals surface area contributed by atoms with E-state index in [1.807, 2.05) is 30.3 Å². The van der Waals surface area contributed by atoms with Crippen molar-refractivity contribution in [2.24, 2.45) is 0 Å². The third kappa shape index (κ3) is 2.11. The number of hydrogen-bond acceptors (Lipinski definition) is 2. The quantitative estimate of drug-likeness (QED) is 0.409. The Bertz CT molecular complexity index is 431. The monoisotopic (exact) mass is 214 g/mol. The van der Waals surface area contributed by atoms with Crippen molar-refractivity contribution in [3.8, 4) is 0 Å². The molecule has 0 saturated heterocycles. The Kier molecular flexibility index (Phi) is 3.00. The fraction of sp³-hybridized carbons (Fsp3) is 0.286. The van der Waals surface area contributed by atoms with Crippen LogP contribution in [0, 0.1) is 0 Å². The number of Topliss-reactive ketones (excluding diaryl/α,β-unsaturated/α-hetero) is 2. The molecule has 2 heteroatoms. The third-order valence-corrected chi connectivity index (χ3v) is 3.10. The van der Waals surface area contributed by atoms with E-state index < -0.39 is 0 Å². The van der Waals surface area contributed by atoms with Gasteiger partial charge >= 0.3 is 0 Å². The topological polar surface area (TPSA) is 34.1 Å². The minimum Gasteiger partial charge on any atom is -0.294 e. The molecule has 0 heterocycles. The summed E-state index contributed by atoms with van der Waals surface area (Å²) in [7, 11) is 0. The van der Waals surface area contributed by atoms with E-state index >= 15 is 0 Å². The Morgan fingerprint density at radius 3 is 2.44 bits per heavy atom. The minimum atomic E-state index is -0.101. The van der Waals surface area contributed by atoms with Crippen molar-refractivity contribution in [1.29, 1.82) is 0 Å². The van der Waals surface area contributed by atoms with Crippen LogP contribution in [0.25, 0.3) is 0 Å². The van der Waals surface area contributed by atoms with Crippen molar-refractivity contribution in [3.05, 3.63) is 48.0 Å². The molecule has 1 aliphatic carbocycles. The molecule has 0 N–H and O–H groups in total. The lowest BCUT2D eigenvalue weighted by Gasteiger charge is -2.12. The molecular weight excluding hydrogens is 200 g/mol. The molecule has 0 radical (unpaired) electrons. The van der Waals surface area contributed by atoms with Crippen molar-refractivity contribution in [1.82, 2.24) is 0 Å². The van der Waals surface area contributed by atoms with E-state index in [0.29, 0.717) is 12.8 Å². The van der Waals surface area contributed by atoms with Crippen LogP contribution in [0.3, 0.4) is 0 Å². The highest BCUT2D eigenvalue weighted by Crippen LogP contribution is 2.29. The Labute approximate surface area is 95.0 Å². The zero-order chi connectivity index (χ0) is 11.5. The van der Waals surface area contributed by atoms with Crippen LogP contribution in [0.5, 0.6) is 0 Å². The van der Waals surface area contributed by atoms with Gasteiger partial charge in [0.25, 0.3) is 0 Å². The van der Waals surface area contributed by atoms with Crippen molar-refractivity contribution >= 4 is 11.6 Å². The number of rotatable bonds is 1. The largest absolute Gasteiger partial charge is 0.294 e. The van der Waals surface area contributed by atoms with E-state index in [9.17, 15) is 9.59 Å². The summed E-state index contributed by atoms with van der Waals surface area (Å²) in [4.78, 5) is 23.2. The van der Waals surface area contributed by atoms with Crippen LogP contribution < -0.4 is 0 Å². The first-order valence-electron chi connectivity index (χ1n) is 5.48. The zero-order valence-corrected chi connectivity index (χ0v) is 9.11. The number of benzene rings is 1. The molecule has 0 spiro atoms. The van der Waals surface area contributed by atoms with Gasteiger partial charge in [0.15, 0.2) is 11.6 Å². The summed E-state index contributed by atoms with van der Waals surface area (Å²) >= 11 is 0. The van der Waals surface area contributed by atoms with Gasteiger partial charge in [0.2, 0.25) is 0 Å². The minimum absolute atomic E-state index is 0.0940. The summed E-state index contributed by atoms with van der Waals surface area (Å²) in [6.45, 7) is 3.57. The SMILES string of the molecule is C=C1C(=O)CCC(c2ccccc2)CC1=O. The predicted molar refractivity (Wildman–Crippen MR) is 62.2 cm³/mol. The van der Waals surface area contributed by atoms with Crippen molar-refractivity contribution in [2.75, 3.05) is 0 Å². The number of carbonyl (C=O) groups is 2. The second kappa shape index (κ2) is 4.44. The Morgan fingerprint density at radius 2 is 1.75 bits per heavy atom. The van der Waals surface area contributed by atoms with E-state index in [-0.39, 0.29) is 23.1 Å². The normalized spacial score (nSPS) is 22.0. The van der Waals surface area contributed by atoms with Gasteiger partial charge in [-0.15, -0.1) is 0 Å². The van der Waals surface area contributed by atoms with E-state index in [1.165, 1.54) is 0 Å². The number of allylic oxidation sites excluding steroid dienone is 1. The summed E-state index contributed by atoms with van der Waals surface area (Å²) < 4.78 is 0. The smallest absolute Gasteiger partial charge is 0.166 e. The highest BCUT2D eigenvalue weighted by Gasteiger charge is 2.26. The maximum absolute atomic E-state index is 11.7. The average Bonchev–Trinajstić information content (AvgIpc) is 2.44. The lowest BCUT2D eigenvalue weighted by molar-refractivity contribution is -0.120. The summed E-state index contributed by atoms with van der Waals surface area (Å²) in [6.07, 6.45) is 1.59. The summed E-state index contributed by atoms with van der Waals surface area (Å²) in [5.41, 5.74) is 1.32. The molecule has 1 saturated carbocycles. The molecule has 1 aromatic carbocycles. The molecule has 1 unspecified atom stereocenters. The van der Waals surface area contributed by atoms with Gasteiger partial charge in [-0.05, 0) is 17.9 Å². The number of carbonyl (C=O) groups excluding carboxylic acids is 2. The fourth-order valence-electron chi connectivity index (χ4n) is 2.07. The molecule has 0 aromatic heterocycles. The van der Waals surface area contributed by atoms with Gasteiger partial charge in [0, 0.05) is 12.8 Å². The van der Waals surface area contributed by atoms with Gasteiger partial charge in [-0.1, -0.05) is 36.9 Å². The van der Waals surface area contributed by atoms with E-state index in [1.54, 1.807) is 0 Å². The maximum Gasteiger partial charge on any atom is 0.166 e. The molecule has 2 rings (SSSR count). The molecule has 1 fully saturated rings. The Hall–Kier alpha value is -1.70. The van der Waals surface area contributed by atoms with Crippen LogP contribution in [0.4, 0.5) is 0 Å². The fourth-order valence-corrected chi connectivity index (χ4v) is 2.07. The molecule has 1 aliphatic rings. The number of hydrogen-bond donors (Lipinski definition) is 0. The van der Waals surface area contributed by atoms with Crippen LogP contribution in [-0.4, -0.2) is 11.6 Å². The van der Waals surface area contributed by atoms with Crippen LogP contribution in [0.1, 0.15) is 30.7 Å². The second-order valence-corrected chi connectivity index (χ2v) is 4.18. The highest BCUT2D eigenvalue weighted by atomic mass is 16.1. The zero-order valence-electron chi connectivity index (χ0n) is 9.11. The first kappa shape index (κ1) is 10.8. The molecule has 2 nitrogen and oxygen atoms in total. The van der Waals surface area contributed by atoms with Gasteiger partial charge in [-0.3, -0.25) is 9.59 Å². The van der Waals surface area contributed by atoms with Crippen LogP contribution in [0.15, 0.2) is 42.5 Å². The van der Waals surface area contributed by atoms with Gasteiger partial charge < -0.3 is 0 Å². The lowest BCUT2D eigenvalue weighted by Crippen LogP contribution is -2.08. The van der Waals surface area contributed by atoms with Gasteiger partial charge in [-0.2, -0.15) is 0 Å². The van der Waals surface area contributed by atoms with Crippen molar-refractivity contribution < 1.29 is 9.59 Å². The summed E-state index contributed by atoms with van der Waals surface area (Å²) in [5, 5.41) is 0. The van der Waals surface area contributed by atoms with Crippen LogP contribution >= 0.6 is 0 Å². The third-order valence-electron chi connectivity index (χ3n) is 3.10. The van der Waals surface area contributed by atoms with Crippen molar-refractivity contribution in [2.45, 2.75) is 25.2 Å². The standard InChI is InChI=1S/C14H14O2/c1-10-13(15)8-7-12(9-14(10)16)11-5-3-2-4-6-11/h2-6,12H,1,7-9H2. The Balaban J connectivity index is 2.22. The van der Waals surface area contributed by atoms with Gasteiger partial charge in [0.05, 0.1) is 5.57 Å². The molecule has 1 aromatic rings.